The maximum Gasteiger partial charge on any atom is 0.456 e. The highest BCUT2D eigenvalue weighted by Crippen LogP contribution is 2.70. The van der Waals surface area contributed by atoms with E-state index in [1.165, 1.54) is 0 Å². The maximum atomic E-state index is 14.5. The third-order valence-electron chi connectivity index (χ3n) is 8.66. The second-order valence-corrected chi connectivity index (χ2v) is 9.32. The molecule has 4 rings (SSSR count). The molecular weight excluding hydrogens is 379 g/mol. The monoisotopic (exact) mass is 406 g/mol. The number of alkyl halides is 5. The Labute approximate surface area is 161 Å². The van der Waals surface area contributed by atoms with Gasteiger partial charge in [-0.25, -0.2) is 0 Å². The van der Waals surface area contributed by atoms with Gasteiger partial charge in [0.1, 0.15) is 5.60 Å². The van der Waals surface area contributed by atoms with E-state index in [1.807, 2.05) is 0 Å². The van der Waals surface area contributed by atoms with Crippen molar-refractivity contribution in [2.75, 3.05) is 0 Å². The third kappa shape index (κ3) is 2.43. The highest BCUT2D eigenvalue weighted by Gasteiger charge is 2.79. The molecule has 2 nitrogen and oxygen atoms in total. The average Bonchev–Trinajstić information content (AvgIpc) is 2.95. The SMILES string of the molecule is CCC12CC[C@H]3[C@@H](CCC4=CC(=O)CC[C@@H]43)[C@@H]1CC[C@@]2(O)C(F)(F)C(F)(F)F. The molecule has 0 spiro atoms. The molecule has 3 fully saturated rings. The molecule has 3 saturated carbocycles. The molecule has 28 heavy (non-hydrogen) atoms. The Hall–Kier alpha value is -0.980. The summed E-state index contributed by atoms with van der Waals surface area (Å²) < 4.78 is 68.8. The normalized spacial score (nSPS) is 43.8. The predicted octanol–water partition coefficient (Wildman–Crippen LogP) is 5.45. The maximum absolute atomic E-state index is 14.5. The summed E-state index contributed by atoms with van der Waals surface area (Å²) in [5, 5.41) is 10.9. The van der Waals surface area contributed by atoms with Crippen molar-refractivity contribution in [2.24, 2.45) is 29.1 Å². The van der Waals surface area contributed by atoms with E-state index in [0.717, 1.165) is 12.0 Å². The quantitative estimate of drug-likeness (QED) is 0.620. The van der Waals surface area contributed by atoms with E-state index in [9.17, 15) is 31.9 Å². The fraction of sp³-hybridized carbons (Fsp3) is 0.857. The molecule has 158 valence electrons. The molecular formula is C21H27F5O2. The number of fused-ring (bicyclic) bond motifs is 5. The van der Waals surface area contributed by atoms with Crippen LogP contribution in [-0.2, 0) is 4.79 Å². The van der Waals surface area contributed by atoms with Gasteiger partial charge in [0.25, 0.3) is 0 Å². The molecule has 1 N–H and O–H groups in total. The van der Waals surface area contributed by atoms with E-state index in [0.29, 0.717) is 25.7 Å². The summed E-state index contributed by atoms with van der Waals surface area (Å²) in [6.45, 7) is 1.64. The third-order valence-corrected chi connectivity index (χ3v) is 8.66. The first-order chi connectivity index (χ1) is 13.0. The average molecular weight is 406 g/mol. The molecule has 0 aromatic rings. The van der Waals surface area contributed by atoms with Crippen LogP contribution in [0, 0.1) is 29.1 Å². The number of aliphatic hydroxyl groups is 1. The number of carbonyl (C=O) groups excluding carboxylic acids is 1. The standard InChI is InChI=1S/C21H27F5O2/c1-2-18-9-7-15-14-6-4-13(27)11-12(14)3-5-16(15)17(18)8-10-19(18,28)20(22,23)21(24,25)26/h11,14-17,28H,2-10H2,1H3/t14-,15+,16+,17-,18?,19-/m0/s1. The topological polar surface area (TPSA) is 37.3 Å². The first-order valence-electron chi connectivity index (χ1n) is 10.4. The van der Waals surface area contributed by atoms with Crippen LogP contribution in [0.25, 0.3) is 0 Å². The molecule has 6 atom stereocenters. The van der Waals surface area contributed by atoms with Gasteiger partial charge in [-0.2, -0.15) is 22.0 Å². The summed E-state index contributed by atoms with van der Waals surface area (Å²) in [4.78, 5) is 11.7. The van der Waals surface area contributed by atoms with Crippen LogP contribution < -0.4 is 0 Å². The smallest absolute Gasteiger partial charge is 0.383 e. The number of halogens is 5. The van der Waals surface area contributed by atoms with Crippen LogP contribution >= 0.6 is 0 Å². The molecule has 0 radical (unpaired) electrons. The van der Waals surface area contributed by atoms with E-state index in [-0.39, 0.29) is 48.7 Å². The minimum Gasteiger partial charge on any atom is -0.383 e. The summed E-state index contributed by atoms with van der Waals surface area (Å²) >= 11 is 0. The van der Waals surface area contributed by atoms with Crippen molar-refractivity contribution >= 4 is 5.78 Å². The van der Waals surface area contributed by atoms with Crippen LogP contribution in [0.1, 0.15) is 64.7 Å². The molecule has 0 aliphatic heterocycles. The van der Waals surface area contributed by atoms with Gasteiger partial charge in [0.2, 0.25) is 0 Å². The van der Waals surface area contributed by atoms with Crippen LogP contribution in [0.4, 0.5) is 22.0 Å². The van der Waals surface area contributed by atoms with Gasteiger partial charge in [-0.15, -0.1) is 0 Å². The number of hydrogen-bond donors (Lipinski definition) is 1. The van der Waals surface area contributed by atoms with E-state index in [2.05, 4.69) is 0 Å². The minimum absolute atomic E-state index is 0.0436. The number of allylic oxidation sites excluding steroid dienone is 1. The fourth-order valence-electron chi connectivity index (χ4n) is 7.45. The van der Waals surface area contributed by atoms with Crippen molar-refractivity contribution in [2.45, 2.75) is 82.4 Å². The number of rotatable bonds is 2. The summed E-state index contributed by atoms with van der Waals surface area (Å²) in [7, 11) is 0. The Bertz CT molecular complexity index is 699. The van der Waals surface area contributed by atoms with E-state index >= 15 is 0 Å². The van der Waals surface area contributed by atoms with Gasteiger partial charge in [0.15, 0.2) is 5.78 Å². The molecule has 0 aromatic carbocycles. The lowest BCUT2D eigenvalue weighted by molar-refractivity contribution is -0.365. The van der Waals surface area contributed by atoms with Crippen LogP contribution in [0.15, 0.2) is 11.6 Å². The largest absolute Gasteiger partial charge is 0.456 e. The number of hydrogen-bond acceptors (Lipinski definition) is 2. The van der Waals surface area contributed by atoms with Crippen molar-refractivity contribution < 1.29 is 31.9 Å². The number of carbonyl (C=O) groups is 1. The van der Waals surface area contributed by atoms with Crippen LogP contribution in [0.5, 0.6) is 0 Å². The van der Waals surface area contributed by atoms with E-state index in [1.54, 1.807) is 13.0 Å². The Balaban J connectivity index is 1.70. The molecule has 1 unspecified atom stereocenters. The zero-order valence-electron chi connectivity index (χ0n) is 16.0. The summed E-state index contributed by atoms with van der Waals surface area (Å²) in [6.07, 6.45) is -0.822. The molecule has 7 heteroatoms. The van der Waals surface area contributed by atoms with E-state index in [4.69, 9.17) is 0 Å². The van der Waals surface area contributed by atoms with Gasteiger partial charge in [-0.1, -0.05) is 12.5 Å². The Morgan fingerprint density at radius 2 is 1.75 bits per heavy atom. The van der Waals surface area contributed by atoms with Crippen LogP contribution in [0.2, 0.25) is 0 Å². The van der Waals surface area contributed by atoms with Gasteiger partial charge in [0.05, 0.1) is 0 Å². The van der Waals surface area contributed by atoms with Crippen molar-refractivity contribution in [3.05, 3.63) is 11.6 Å². The van der Waals surface area contributed by atoms with Gasteiger partial charge >= 0.3 is 12.1 Å². The molecule has 0 aromatic heterocycles. The Kier molecular flexibility index (Phi) is 4.54. The van der Waals surface area contributed by atoms with E-state index < -0.39 is 29.5 Å². The lowest BCUT2D eigenvalue weighted by Crippen LogP contribution is -2.66. The summed E-state index contributed by atoms with van der Waals surface area (Å²) in [6, 6.07) is 0. The second-order valence-electron chi connectivity index (χ2n) is 9.32. The van der Waals surface area contributed by atoms with Gasteiger partial charge in [-0.05, 0) is 81.1 Å². The fourth-order valence-corrected chi connectivity index (χ4v) is 7.45. The Morgan fingerprint density at radius 3 is 2.39 bits per heavy atom. The van der Waals surface area contributed by atoms with Crippen molar-refractivity contribution in [3.8, 4) is 0 Å². The molecule has 0 heterocycles. The molecule has 0 bridgehead atoms. The van der Waals surface area contributed by atoms with Crippen LogP contribution in [0.3, 0.4) is 0 Å². The second kappa shape index (κ2) is 6.26. The number of ketones is 1. The predicted molar refractivity (Wildman–Crippen MR) is 92.7 cm³/mol. The first kappa shape index (κ1) is 20.3. The lowest BCUT2D eigenvalue weighted by Gasteiger charge is -2.57. The zero-order valence-corrected chi connectivity index (χ0v) is 16.0. The molecule has 0 saturated heterocycles. The highest BCUT2D eigenvalue weighted by molar-refractivity contribution is 5.91. The summed E-state index contributed by atoms with van der Waals surface area (Å²) in [5.74, 6) is -4.81. The zero-order chi connectivity index (χ0) is 20.5. The lowest BCUT2D eigenvalue weighted by atomic mass is 9.48. The van der Waals surface area contributed by atoms with Crippen molar-refractivity contribution in [3.63, 3.8) is 0 Å². The van der Waals surface area contributed by atoms with Gasteiger partial charge in [-0.3, -0.25) is 4.79 Å². The molecule has 4 aliphatic rings. The van der Waals surface area contributed by atoms with Gasteiger partial charge < -0.3 is 5.11 Å². The van der Waals surface area contributed by atoms with Crippen LogP contribution in [-0.4, -0.2) is 28.6 Å². The minimum atomic E-state index is -5.76. The van der Waals surface area contributed by atoms with Crippen molar-refractivity contribution in [1.29, 1.82) is 0 Å². The first-order valence-corrected chi connectivity index (χ1v) is 10.4. The molecule has 4 aliphatic carbocycles. The van der Waals surface area contributed by atoms with Gasteiger partial charge in [0, 0.05) is 11.8 Å². The Morgan fingerprint density at radius 1 is 1.04 bits per heavy atom. The highest BCUT2D eigenvalue weighted by atomic mass is 19.4. The molecule has 0 amide bonds. The van der Waals surface area contributed by atoms with Crippen molar-refractivity contribution in [1.82, 2.24) is 0 Å². The summed E-state index contributed by atoms with van der Waals surface area (Å²) in [5.41, 5.74) is -3.31.